The van der Waals surface area contributed by atoms with Crippen LogP contribution in [0, 0.1) is 6.92 Å². The SMILES string of the molecule is CCC(C)Oc1ccc(CCCO)c(C)c1. The second-order valence-electron chi connectivity index (χ2n) is 4.25. The molecule has 1 atom stereocenters. The molecule has 16 heavy (non-hydrogen) atoms. The number of hydrogen-bond donors (Lipinski definition) is 1. The number of aliphatic hydroxyl groups is 1. The van der Waals surface area contributed by atoms with E-state index in [0.29, 0.717) is 0 Å². The van der Waals surface area contributed by atoms with E-state index < -0.39 is 0 Å². The molecule has 0 saturated carbocycles. The third kappa shape index (κ3) is 3.86. The predicted octanol–water partition coefficient (Wildman–Crippen LogP) is 3.10. The highest BCUT2D eigenvalue weighted by Crippen LogP contribution is 2.20. The highest BCUT2D eigenvalue weighted by atomic mass is 16.5. The highest BCUT2D eigenvalue weighted by Gasteiger charge is 2.04. The van der Waals surface area contributed by atoms with Crippen LogP contribution in [0.2, 0.25) is 0 Å². The van der Waals surface area contributed by atoms with Crippen LogP contribution in [0.25, 0.3) is 0 Å². The smallest absolute Gasteiger partial charge is 0.119 e. The van der Waals surface area contributed by atoms with Gasteiger partial charge in [-0.25, -0.2) is 0 Å². The van der Waals surface area contributed by atoms with Gasteiger partial charge in [0.1, 0.15) is 5.75 Å². The zero-order valence-electron chi connectivity index (χ0n) is 10.5. The van der Waals surface area contributed by atoms with Gasteiger partial charge in [-0.1, -0.05) is 13.0 Å². The van der Waals surface area contributed by atoms with Gasteiger partial charge in [-0.2, -0.15) is 0 Å². The Morgan fingerprint density at radius 2 is 2.12 bits per heavy atom. The molecule has 1 aromatic carbocycles. The van der Waals surface area contributed by atoms with Crippen LogP contribution in [0.4, 0.5) is 0 Å². The van der Waals surface area contributed by atoms with E-state index in [1.165, 1.54) is 11.1 Å². The van der Waals surface area contributed by atoms with Crippen molar-refractivity contribution in [1.29, 1.82) is 0 Å². The van der Waals surface area contributed by atoms with Crippen molar-refractivity contribution in [1.82, 2.24) is 0 Å². The van der Waals surface area contributed by atoms with Crippen molar-refractivity contribution in [3.05, 3.63) is 29.3 Å². The molecule has 0 radical (unpaired) electrons. The van der Waals surface area contributed by atoms with Crippen LogP contribution in [0.3, 0.4) is 0 Å². The first-order valence-corrected chi connectivity index (χ1v) is 6.04. The van der Waals surface area contributed by atoms with Gasteiger partial charge < -0.3 is 9.84 Å². The van der Waals surface area contributed by atoms with Crippen molar-refractivity contribution in [2.24, 2.45) is 0 Å². The summed E-state index contributed by atoms with van der Waals surface area (Å²) in [5.41, 5.74) is 2.54. The summed E-state index contributed by atoms with van der Waals surface area (Å²) in [5.74, 6) is 0.944. The van der Waals surface area contributed by atoms with Crippen molar-refractivity contribution in [3.8, 4) is 5.75 Å². The molecule has 0 aliphatic carbocycles. The molecule has 0 spiro atoms. The van der Waals surface area contributed by atoms with Crippen LogP contribution in [0.15, 0.2) is 18.2 Å². The Kier molecular flexibility index (Phi) is 5.33. The van der Waals surface area contributed by atoms with Crippen LogP contribution in [-0.2, 0) is 6.42 Å². The average Bonchev–Trinajstić information content (AvgIpc) is 2.28. The second-order valence-corrected chi connectivity index (χ2v) is 4.25. The first kappa shape index (κ1) is 13.0. The standard InChI is InChI=1S/C14H22O2/c1-4-12(3)16-14-8-7-13(6-5-9-15)11(2)10-14/h7-8,10,12,15H,4-6,9H2,1-3H3. The lowest BCUT2D eigenvalue weighted by Crippen LogP contribution is -2.09. The predicted molar refractivity (Wildman–Crippen MR) is 67.0 cm³/mol. The molecular formula is C14H22O2. The minimum absolute atomic E-state index is 0.255. The van der Waals surface area contributed by atoms with Crippen LogP contribution < -0.4 is 4.74 Å². The number of rotatable bonds is 6. The fraction of sp³-hybridized carbons (Fsp3) is 0.571. The monoisotopic (exact) mass is 222 g/mol. The fourth-order valence-corrected chi connectivity index (χ4v) is 1.61. The van der Waals surface area contributed by atoms with Crippen LogP contribution in [0.5, 0.6) is 5.75 Å². The Hall–Kier alpha value is -1.02. The van der Waals surface area contributed by atoms with Crippen molar-refractivity contribution in [2.75, 3.05) is 6.61 Å². The van der Waals surface area contributed by atoms with Crippen LogP contribution >= 0.6 is 0 Å². The first-order valence-electron chi connectivity index (χ1n) is 6.04. The number of aliphatic hydroxyl groups excluding tert-OH is 1. The zero-order valence-corrected chi connectivity index (χ0v) is 10.5. The van der Waals surface area contributed by atoms with Gasteiger partial charge in [-0.05, 0) is 56.4 Å². The molecule has 1 unspecified atom stereocenters. The maximum Gasteiger partial charge on any atom is 0.119 e. The van der Waals surface area contributed by atoms with E-state index in [1.54, 1.807) is 0 Å². The summed E-state index contributed by atoms with van der Waals surface area (Å²) in [6.07, 6.45) is 3.05. The van der Waals surface area contributed by atoms with Gasteiger partial charge in [0.05, 0.1) is 6.10 Å². The molecule has 1 aromatic rings. The molecule has 0 aliphatic rings. The van der Waals surface area contributed by atoms with Crippen molar-refractivity contribution < 1.29 is 9.84 Å². The molecule has 0 aromatic heterocycles. The number of ether oxygens (including phenoxy) is 1. The highest BCUT2D eigenvalue weighted by molar-refractivity contribution is 5.35. The Labute approximate surface area is 98.3 Å². The van der Waals surface area contributed by atoms with Gasteiger partial charge in [-0.15, -0.1) is 0 Å². The van der Waals surface area contributed by atoms with Crippen molar-refractivity contribution in [2.45, 2.75) is 46.1 Å². The number of benzene rings is 1. The summed E-state index contributed by atoms with van der Waals surface area (Å²) in [6, 6.07) is 6.20. The topological polar surface area (TPSA) is 29.5 Å². The summed E-state index contributed by atoms with van der Waals surface area (Å²) in [6.45, 7) is 6.54. The Morgan fingerprint density at radius 3 is 2.69 bits per heavy atom. The molecule has 0 heterocycles. The maximum atomic E-state index is 8.80. The normalized spacial score (nSPS) is 12.5. The summed E-state index contributed by atoms with van der Waals surface area (Å²) in [5, 5.41) is 8.80. The lowest BCUT2D eigenvalue weighted by atomic mass is 10.0. The van der Waals surface area contributed by atoms with Crippen molar-refractivity contribution in [3.63, 3.8) is 0 Å². The summed E-state index contributed by atoms with van der Waals surface area (Å²) in [4.78, 5) is 0. The third-order valence-corrected chi connectivity index (χ3v) is 2.83. The zero-order chi connectivity index (χ0) is 12.0. The van der Waals surface area contributed by atoms with Gasteiger partial charge in [0.25, 0.3) is 0 Å². The van der Waals surface area contributed by atoms with E-state index in [-0.39, 0.29) is 12.7 Å². The van der Waals surface area contributed by atoms with E-state index in [4.69, 9.17) is 9.84 Å². The van der Waals surface area contributed by atoms with Gasteiger partial charge in [-0.3, -0.25) is 0 Å². The Bertz CT molecular complexity index is 321. The number of hydrogen-bond acceptors (Lipinski definition) is 2. The fourth-order valence-electron chi connectivity index (χ4n) is 1.61. The Balaban J connectivity index is 2.66. The number of aryl methyl sites for hydroxylation is 2. The molecule has 2 heteroatoms. The molecule has 1 N–H and O–H groups in total. The van der Waals surface area contributed by atoms with E-state index >= 15 is 0 Å². The lowest BCUT2D eigenvalue weighted by molar-refractivity contribution is 0.217. The first-order chi connectivity index (χ1) is 7.67. The molecule has 2 nitrogen and oxygen atoms in total. The molecule has 1 rings (SSSR count). The van der Waals surface area contributed by atoms with E-state index in [9.17, 15) is 0 Å². The minimum atomic E-state index is 0.255. The molecular weight excluding hydrogens is 200 g/mol. The summed E-state index contributed by atoms with van der Waals surface area (Å²) in [7, 11) is 0. The van der Waals surface area contributed by atoms with Crippen molar-refractivity contribution >= 4 is 0 Å². The van der Waals surface area contributed by atoms with Crippen LogP contribution in [0.1, 0.15) is 37.8 Å². The maximum absolute atomic E-state index is 8.80. The molecule has 0 fully saturated rings. The minimum Gasteiger partial charge on any atom is -0.491 e. The quantitative estimate of drug-likeness (QED) is 0.801. The van der Waals surface area contributed by atoms with E-state index in [0.717, 1.165) is 25.0 Å². The molecule has 90 valence electrons. The van der Waals surface area contributed by atoms with E-state index in [2.05, 4.69) is 32.9 Å². The van der Waals surface area contributed by atoms with Gasteiger partial charge in [0, 0.05) is 6.61 Å². The molecule has 0 bridgehead atoms. The molecule has 0 amide bonds. The Morgan fingerprint density at radius 1 is 1.38 bits per heavy atom. The van der Waals surface area contributed by atoms with Gasteiger partial charge in [0.15, 0.2) is 0 Å². The van der Waals surface area contributed by atoms with Gasteiger partial charge >= 0.3 is 0 Å². The average molecular weight is 222 g/mol. The summed E-state index contributed by atoms with van der Waals surface area (Å²) >= 11 is 0. The van der Waals surface area contributed by atoms with Crippen LogP contribution in [-0.4, -0.2) is 17.8 Å². The van der Waals surface area contributed by atoms with E-state index in [1.807, 2.05) is 6.07 Å². The molecule has 0 saturated heterocycles. The lowest BCUT2D eigenvalue weighted by Gasteiger charge is -2.14. The third-order valence-electron chi connectivity index (χ3n) is 2.83. The molecule has 0 aliphatic heterocycles. The second kappa shape index (κ2) is 6.54. The largest absolute Gasteiger partial charge is 0.491 e. The summed E-state index contributed by atoms with van der Waals surface area (Å²) < 4.78 is 5.75. The van der Waals surface area contributed by atoms with Gasteiger partial charge in [0.2, 0.25) is 0 Å².